The van der Waals surface area contributed by atoms with Crippen molar-refractivity contribution in [2.24, 2.45) is 0 Å². The summed E-state index contributed by atoms with van der Waals surface area (Å²) in [5.74, 6) is 0. The molecule has 0 radical (unpaired) electrons. The van der Waals surface area contributed by atoms with Crippen molar-refractivity contribution in [3.8, 4) is 6.07 Å². The van der Waals surface area contributed by atoms with Gasteiger partial charge in [-0.2, -0.15) is 5.26 Å². The third-order valence-electron chi connectivity index (χ3n) is 2.64. The zero-order chi connectivity index (χ0) is 12.1. The summed E-state index contributed by atoms with van der Waals surface area (Å²) < 4.78 is 6.38. The second-order valence-corrected chi connectivity index (χ2v) is 4.81. The van der Waals surface area contributed by atoms with E-state index in [1.165, 1.54) is 0 Å². The molecule has 3 nitrogen and oxygen atoms in total. The summed E-state index contributed by atoms with van der Waals surface area (Å²) >= 11 is 3.35. The third kappa shape index (κ3) is 3.24. The maximum atomic E-state index is 9.03. The average Bonchev–Trinajstić information content (AvgIpc) is 2.38. The summed E-state index contributed by atoms with van der Waals surface area (Å²) in [6, 6.07) is 7.81. The number of halogens is 1. The molecule has 0 spiro atoms. The quantitative estimate of drug-likeness (QED) is 0.928. The van der Waals surface area contributed by atoms with E-state index in [9.17, 15) is 0 Å². The van der Waals surface area contributed by atoms with Gasteiger partial charge in [-0.1, -0.05) is 15.9 Å². The van der Waals surface area contributed by atoms with E-state index in [4.69, 9.17) is 10.00 Å². The Labute approximate surface area is 109 Å². The standard InChI is InChI=1S/C13H13BrN2O/c14-11-4-5-13(10(7-11)8-15)16-9-12-3-1-2-6-17-12/h2,4-7,12,16H,1,3,9H2. The Kier molecular flexibility index (Phi) is 4.05. The number of ether oxygens (including phenoxy) is 1. The summed E-state index contributed by atoms with van der Waals surface area (Å²) in [5.41, 5.74) is 1.50. The van der Waals surface area contributed by atoms with Crippen molar-refractivity contribution in [2.45, 2.75) is 18.9 Å². The van der Waals surface area contributed by atoms with Crippen molar-refractivity contribution < 1.29 is 4.74 Å². The van der Waals surface area contributed by atoms with Gasteiger partial charge in [-0.3, -0.25) is 0 Å². The van der Waals surface area contributed by atoms with E-state index in [0.717, 1.165) is 29.5 Å². The average molecular weight is 293 g/mol. The van der Waals surface area contributed by atoms with Crippen LogP contribution in [0.25, 0.3) is 0 Å². The van der Waals surface area contributed by atoms with Crippen LogP contribution < -0.4 is 5.32 Å². The van der Waals surface area contributed by atoms with Crippen LogP contribution in [0.1, 0.15) is 18.4 Å². The highest BCUT2D eigenvalue weighted by Gasteiger charge is 2.11. The van der Waals surface area contributed by atoms with Gasteiger partial charge in [0.15, 0.2) is 0 Å². The molecule has 17 heavy (non-hydrogen) atoms. The number of nitrogens with one attached hydrogen (secondary N) is 1. The first-order valence-electron chi connectivity index (χ1n) is 5.53. The van der Waals surface area contributed by atoms with Crippen LogP contribution in [0.15, 0.2) is 35.0 Å². The van der Waals surface area contributed by atoms with Crippen LogP contribution in [0.5, 0.6) is 0 Å². The van der Waals surface area contributed by atoms with E-state index in [-0.39, 0.29) is 6.10 Å². The number of allylic oxidation sites excluding steroid dienone is 1. The molecular formula is C13H13BrN2O. The van der Waals surface area contributed by atoms with Gasteiger partial charge in [0.1, 0.15) is 12.2 Å². The van der Waals surface area contributed by atoms with Crippen molar-refractivity contribution in [3.05, 3.63) is 40.6 Å². The highest BCUT2D eigenvalue weighted by atomic mass is 79.9. The fourth-order valence-corrected chi connectivity index (χ4v) is 2.08. The van der Waals surface area contributed by atoms with Crippen molar-refractivity contribution in [1.29, 1.82) is 5.26 Å². The first kappa shape index (κ1) is 12.0. The maximum absolute atomic E-state index is 9.03. The number of nitrogens with zero attached hydrogens (tertiary/aromatic N) is 1. The van der Waals surface area contributed by atoms with E-state index in [1.54, 1.807) is 6.26 Å². The van der Waals surface area contributed by atoms with Crippen LogP contribution in [0.4, 0.5) is 5.69 Å². The molecule has 4 heteroatoms. The molecule has 88 valence electrons. The molecule has 1 aliphatic heterocycles. The number of rotatable bonds is 3. The molecule has 0 amide bonds. The van der Waals surface area contributed by atoms with Crippen LogP contribution in [0, 0.1) is 11.3 Å². The Morgan fingerprint density at radius 1 is 1.53 bits per heavy atom. The second kappa shape index (κ2) is 5.74. The lowest BCUT2D eigenvalue weighted by Gasteiger charge is -2.20. The normalized spacial score (nSPS) is 18.2. The number of nitriles is 1. The maximum Gasteiger partial charge on any atom is 0.115 e. The Bertz CT molecular complexity index is 465. The number of benzene rings is 1. The summed E-state index contributed by atoms with van der Waals surface area (Å²) in [7, 11) is 0. The van der Waals surface area contributed by atoms with Crippen LogP contribution >= 0.6 is 15.9 Å². The van der Waals surface area contributed by atoms with Gasteiger partial charge >= 0.3 is 0 Å². The molecule has 0 aromatic heterocycles. The van der Waals surface area contributed by atoms with Crippen molar-refractivity contribution in [3.63, 3.8) is 0 Å². The zero-order valence-electron chi connectivity index (χ0n) is 9.32. The van der Waals surface area contributed by atoms with Crippen LogP contribution in [0.2, 0.25) is 0 Å². The Morgan fingerprint density at radius 3 is 3.12 bits per heavy atom. The largest absolute Gasteiger partial charge is 0.497 e. The summed E-state index contributed by atoms with van der Waals surface area (Å²) in [5, 5.41) is 12.3. The van der Waals surface area contributed by atoms with Crippen molar-refractivity contribution in [1.82, 2.24) is 0 Å². The number of anilines is 1. The van der Waals surface area contributed by atoms with Crippen LogP contribution in [-0.2, 0) is 4.74 Å². The van der Waals surface area contributed by atoms with Gasteiger partial charge in [0, 0.05) is 4.47 Å². The molecule has 1 aliphatic rings. The van der Waals surface area contributed by atoms with Gasteiger partial charge in [0.2, 0.25) is 0 Å². The molecule has 0 aliphatic carbocycles. The number of hydrogen-bond donors (Lipinski definition) is 1. The van der Waals surface area contributed by atoms with Gasteiger partial charge < -0.3 is 10.1 Å². The smallest absolute Gasteiger partial charge is 0.115 e. The first-order valence-corrected chi connectivity index (χ1v) is 6.33. The van der Waals surface area contributed by atoms with Crippen LogP contribution in [0.3, 0.4) is 0 Å². The summed E-state index contributed by atoms with van der Waals surface area (Å²) in [6.07, 6.45) is 6.04. The Balaban J connectivity index is 1.99. The fourth-order valence-electron chi connectivity index (χ4n) is 1.72. The van der Waals surface area contributed by atoms with Crippen LogP contribution in [-0.4, -0.2) is 12.6 Å². The Morgan fingerprint density at radius 2 is 2.41 bits per heavy atom. The molecule has 1 N–H and O–H groups in total. The molecule has 1 aromatic carbocycles. The van der Waals surface area contributed by atoms with Gasteiger partial charge in [-0.15, -0.1) is 0 Å². The van der Waals surface area contributed by atoms with E-state index in [0.29, 0.717) is 5.56 Å². The molecule has 1 unspecified atom stereocenters. The highest BCUT2D eigenvalue weighted by molar-refractivity contribution is 9.10. The predicted molar refractivity (Wildman–Crippen MR) is 70.6 cm³/mol. The molecule has 0 bridgehead atoms. The monoisotopic (exact) mass is 292 g/mol. The second-order valence-electron chi connectivity index (χ2n) is 3.89. The molecule has 1 atom stereocenters. The Hall–Kier alpha value is -1.47. The van der Waals surface area contributed by atoms with Gasteiger partial charge in [0.05, 0.1) is 24.1 Å². The molecule has 1 aromatic rings. The molecule has 1 heterocycles. The number of hydrogen-bond acceptors (Lipinski definition) is 3. The molecular weight excluding hydrogens is 280 g/mol. The lowest BCUT2D eigenvalue weighted by atomic mass is 10.1. The predicted octanol–water partition coefficient (Wildman–Crippen LogP) is 3.43. The molecule has 0 saturated heterocycles. The fraction of sp³-hybridized carbons (Fsp3) is 0.308. The lowest BCUT2D eigenvalue weighted by Crippen LogP contribution is -2.23. The van der Waals surface area contributed by atoms with E-state index in [1.807, 2.05) is 24.3 Å². The summed E-state index contributed by atoms with van der Waals surface area (Å²) in [4.78, 5) is 0. The SMILES string of the molecule is N#Cc1cc(Br)ccc1NCC1CCC=CO1. The summed E-state index contributed by atoms with van der Waals surface area (Å²) in [6.45, 7) is 0.723. The van der Waals surface area contributed by atoms with Crippen molar-refractivity contribution in [2.75, 3.05) is 11.9 Å². The van der Waals surface area contributed by atoms with Gasteiger partial charge in [0.25, 0.3) is 0 Å². The minimum absolute atomic E-state index is 0.190. The minimum Gasteiger partial charge on any atom is -0.497 e. The topological polar surface area (TPSA) is 45.0 Å². The molecule has 0 fully saturated rings. The highest BCUT2D eigenvalue weighted by Crippen LogP contribution is 2.21. The van der Waals surface area contributed by atoms with E-state index in [2.05, 4.69) is 27.3 Å². The van der Waals surface area contributed by atoms with Gasteiger partial charge in [-0.25, -0.2) is 0 Å². The van der Waals surface area contributed by atoms with E-state index < -0.39 is 0 Å². The van der Waals surface area contributed by atoms with E-state index >= 15 is 0 Å². The van der Waals surface area contributed by atoms with Gasteiger partial charge in [-0.05, 0) is 37.1 Å². The zero-order valence-corrected chi connectivity index (χ0v) is 10.9. The van der Waals surface area contributed by atoms with Crippen molar-refractivity contribution >= 4 is 21.6 Å². The minimum atomic E-state index is 0.190. The molecule has 2 rings (SSSR count). The molecule has 0 saturated carbocycles. The lowest BCUT2D eigenvalue weighted by molar-refractivity contribution is 0.135. The third-order valence-corrected chi connectivity index (χ3v) is 3.14. The first-order chi connectivity index (χ1) is 8.29.